The summed E-state index contributed by atoms with van der Waals surface area (Å²) in [6, 6.07) is 12.0. The number of nitrogens with zero attached hydrogens (tertiary/aromatic N) is 1. The van der Waals surface area contributed by atoms with Gasteiger partial charge in [0.05, 0.1) is 5.56 Å². The van der Waals surface area contributed by atoms with Crippen LogP contribution in [0.15, 0.2) is 48.5 Å². The van der Waals surface area contributed by atoms with Gasteiger partial charge < -0.3 is 15.1 Å². The average Bonchev–Trinajstić information content (AvgIpc) is 2.46. The molecule has 0 aliphatic heterocycles. The first-order valence-corrected chi connectivity index (χ1v) is 5.89. The normalized spacial score (nSPS) is 10.1. The number of amides is 1. The SMILES string of the molecule is CN(C(=O)c1ccc(C(=O)O)cc1)c1ccc(O)cc1. The predicted molar refractivity (Wildman–Crippen MR) is 74.2 cm³/mol. The third kappa shape index (κ3) is 2.77. The molecule has 2 rings (SSSR count). The Morgan fingerprint density at radius 3 is 1.90 bits per heavy atom. The Morgan fingerprint density at radius 1 is 0.900 bits per heavy atom. The fourth-order valence-corrected chi connectivity index (χ4v) is 1.74. The van der Waals surface area contributed by atoms with Gasteiger partial charge in [0.15, 0.2) is 0 Å². The number of phenolic OH excluding ortho intramolecular Hbond substituents is 1. The average molecular weight is 271 g/mol. The Hall–Kier alpha value is -2.82. The number of rotatable bonds is 3. The highest BCUT2D eigenvalue weighted by molar-refractivity contribution is 6.06. The lowest BCUT2D eigenvalue weighted by Gasteiger charge is -2.17. The van der Waals surface area contributed by atoms with Crippen molar-refractivity contribution in [3.05, 3.63) is 59.7 Å². The van der Waals surface area contributed by atoms with Gasteiger partial charge in [0.1, 0.15) is 5.75 Å². The molecule has 0 unspecified atom stereocenters. The molecular formula is C15H13NO4. The highest BCUT2D eigenvalue weighted by Crippen LogP contribution is 2.19. The van der Waals surface area contributed by atoms with Gasteiger partial charge in [-0.2, -0.15) is 0 Å². The smallest absolute Gasteiger partial charge is 0.335 e. The molecule has 0 saturated heterocycles. The number of anilines is 1. The maximum absolute atomic E-state index is 12.2. The molecule has 2 N–H and O–H groups in total. The minimum absolute atomic E-state index is 0.125. The summed E-state index contributed by atoms with van der Waals surface area (Å²) >= 11 is 0. The number of hydrogen-bond donors (Lipinski definition) is 2. The zero-order valence-corrected chi connectivity index (χ0v) is 10.8. The number of hydrogen-bond acceptors (Lipinski definition) is 3. The van der Waals surface area contributed by atoms with Gasteiger partial charge in [-0.05, 0) is 48.5 Å². The maximum atomic E-state index is 12.2. The van der Waals surface area contributed by atoms with Crippen molar-refractivity contribution in [2.75, 3.05) is 11.9 Å². The number of carboxylic acids is 1. The van der Waals surface area contributed by atoms with Crippen LogP contribution in [0, 0.1) is 0 Å². The number of carbonyl (C=O) groups is 2. The van der Waals surface area contributed by atoms with Crippen LogP contribution in [0.25, 0.3) is 0 Å². The third-order valence-electron chi connectivity index (χ3n) is 2.92. The van der Waals surface area contributed by atoms with Gasteiger partial charge in [0.2, 0.25) is 0 Å². The molecule has 0 bridgehead atoms. The Labute approximate surface area is 115 Å². The van der Waals surface area contributed by atoms with Crippen LogP contribution in [-0.4, -0.2) is 29.1 Å². The third-order valence-corrected chi connectivity index (χ3v) is 2.92. The van der Waals surface area contributed by atoms with E-state index >= 15 is 0 Å². The van der Waals surface area contributed by atoms with Gasteiger partial charge in [0.25, 0.3) is 5.91 Å². The summed E-state index contributed by atoms with van der Waals surface area (Å²) in [5.74, 6) is -1.16. The van der Waals surface area contributed by atoms with Crippen LogP contribution in [0.3, 0.4) is 0 Å². The molecule has 1 amide bonds. The van der Waals surface area contributed by atoms with Crippen LogP contribution in [0.1, 0.15) is 20.7 Å². The number of benzene rings is 2. The molecule has 0 heterocycles. The van der Waals surface area contributed by atoms with Crippen molar-refractivity contribution in [3.63, 3.8) is 0 Å². The van der Waals surface area contributed by atoms with Crippen LogP contribution in [0.2, 0.25) is 0 Å². The van der Waals surface area contributed by atoms with Crippen LogP contribution in [0.5, 0.6) is 5.75 Å². The standard InChI is InChI=1S/C15H13NO4/c1-16(12-6-8-13(17)9-7-12)14(18)10-2-4-11(5-3-10)15(19)20/h2-9,17H,1H3,(H,19,20). The van der Waals surface area contributed by atoms with Crippen molar-refractivity contribution in [2.45, 2.75) is 0 Å². The second-order valence-electron chi connectivity index (χ2n) is 4.26. The Bertz CT molecular complexity index is 632. The highest BCUT2D eigenvalue weighted by Gasteiger charge is 2.14. The molecule has 0 aromatic heterocycles. The predicted octanol–water partition coefficient (Wildman–Crippen LogP) is 2.37. The van der Waals surface area contributed by atoms with Crippen LogP contribution in [0.4, 0.5) is 5.69 Å². The molecule has 2 aromatic rings. The molecule has 2 aromatic carbocycles. The molecule has 0 aliphatic rings. The van der Waals surface area contributed by atoms with Crippen molar-refractivity contribution in [3.8, 4) is 5.75 Å². The molecule has 0 saturated carbocycles. The van der Waals surface area contributed by atoms with E-state index in [0.29, 0.717) is 11.3 Å². The fourth-order valence-electron chi connectivity index (χ4n) is 1.74. The quantitative estimate of drug-likeness (QED) is 0.898. The van der Waals surface area contributed by atoms with Gasteiger partial charge in [0, 0.05) is 18.3 Å². The number of carbonyl (C=O) groups excluding carboxylic acids is 1. The van der Waals surface area contributed by atoms with Gasteiger partial charge in [-0.1, -0.05) is 0 Å². The van der Waals surface area contributed by atoms with Crippen LogP contribution < -0.4 is 4.90 Å². The lowest BCUT2D eigenvalue weighted by Crippen LogP contribution is -2.26. The summed E-state index contributed by atoms with van der Waals surface area (Å²) in [5, 5.41) is 18.0. The molecular weight excluding hydrogens is 258 g/mol. The number of phenols is 1. The van der Waals surface area contributed by atoms with E-state index in [0.717, 1.165) is 0 Å². The van der Waals surface area contributed by atoms with Crippen LogP contribution >= 0.6 is 0 Å². The Kier molecular flexibility index (Phi) is 3.70. The molecule has 0 aliphatic carbocycles. The van der Waals surface area contributed by atoms with E-state index in [1.807, 2.05) is 0 Å². The molecule has 0 fully saturated rings. The maximum Gasteiger partial charge on any atom is 0.335 e. The monoisotopic (exact) mass is 271 g/mol. The number of aromatic carboxylic acids is 1. The molecule has 0 atom stereocenters. The molecule has 0 radical (unpaired) electrons. The van der Waals surface area contributed by atoms with E-state index in [1.165, 1.54) is 41.3 Å². The zero-order valence-electron chi connectivity index (χ0n) is 10.8. The molecule has 5 nitrogen and oxygen atoms in total. The van der Waals surface area contributed by atoms with Crippen molar-refractivity contribution in [2.24, 2.45) is 0 Å². The molecule has 5 heteroatoms. The van der Waals surface area contributed by atoms with E-state index < -0.39 is 5.97 Å². The Balaban J connectivity index is 2.22. The topological polar surface area (TPSA) is 77.8 Å². The lowest BCUT2D eigenvalue weighted by atomic mass is 10.1. The van der Waals surface area contributed by atoms with Gasteiger partial charge in [-0.3, -0.25) is 4.79 Å². The summed E-state index contributed by atoms with van der Waals surface area (Å²) < 4.78 is 0. The summed E-state index contributed by atoms with van der Waals surface area (Å²) in [6.45, 7) is 0. The minimum Gasteiger partial charge on any atom is -0.508 e. The van der Waals surface area contributed by atoms with Crippen molar-refractivity contribution >= 4 is 17.6 Å². The first-order valence-electron chi connectivity index (χ1n) is 5.89. The van der Waals surface area contributed by atoms with Crippen molar-refractivity contribution in [1.82, 2.24) is 0 Å². The largest absolute Gasteiger partial charge is 0.508 e. The first-order chi connectivity index (χ1) is 9.49. The van der Waals surface area contributed by atoms with Crippen molar-refractivity contribution < 1.29 is 19.8 Å². The summed E-state index contributed by atoms with van der Waals surface area (Å²) in [5.41, 5.74) is 1.16. The second-order valence-corrected chi connectivity index (χ2v) is 4.26. The van der Waals surface area contributed by atoms with Crippen LogP contribution in [-0.2, 0) is 0 Å². The Morgan fingerprint density at radius 2 is 1.40 bits per heavy atom. The number of aromatic hydroxyl groups is 1. The minimum atomic E-state index is -1.03. The summed E-state index contributed by atoms with van der Waals surface area (Å²) in [6.07, 6.45) is 0. The first kappa shape index (κ1) is 13.6. The van der Waals surface area contributed by atoms with E-state index in [1.54, 1.807) is 19.2 Å². The van der Waals surface area contributed by atoms with E-state index in [9.17, 15) is 14.7 Å². The van der Waals surface area contributed by atoms with E-state index in [4.69, 9.17) is 5.11 Å². The lowest BCUT2D eigenvalue weighted by molar-refractivity contribution is 0.0696. The van der Waals surface area contributed by atoms with E-state index in [2.05, 4.69) is 0 Å². The van der Waals surface area contributed by atoms with Crippen molar-refractivity contribution in [1.29, 1.82) is 0 Å². The number of carboxylic acid groups (broad SMARTS) is 1. The van der Waals surface area contributed by atoms with Gasteiger partial charge in [-0.25, -0.2) is 4.79 Å². The van der Waals surface area contributed by atoms with E-state index in [-0.39, 0.29) is 17.2 Å². The highest BCUT2D eigenvalue weighted by atomic mass is 16.4. The van der Waals surface area contributed by atoms with Gasteiger partial charge >= 0.3 is 5.97 Å². The summed E-state index contributed by atoms with van der Waals surface area (Å²) in [4.78, 5) is 24.4. The molecule has 102 valence electrons. The second kappa shape index (κ2) is 5.44. The fraction of sp³-hybridized carbons (Fsp3) is 0.0667. The molecule has 0 spiro atoms. The van der Waals surface area contributed by atoms with Gasteiger partial charge in [-0.15, -0.1) is 0 Å². The summed E-state index contributed by atoms with van der Waals surface area (Å²) in [7, 11) is 1.61. The zero-order chi connectivity index (χ0) is 14.7. The molecule has 20 heavy (non-hydrogen) atoms.